The van der Waals surface area contributed by atoms with Crippen LogP contribution in [0.2, 0.25) is 10.0 Å². The summed E-state index contributed by atoms with van der Waals surface area (Å²) in [6.07, 6.45) is 1.59. The molecule has 1 fully saturated rings. The average Bonchev–Trinajstić information content (AvgIpc) is 3.31. The van der Waals surface area contributed by atoms with Crippen LogP contribution in [0.4, 0.5) is 5.69 Å². The first-order chi connectivity index (χ1) is 14.4. The first-order valence-electron chi connectivity index (χ1n) is 8.57. The van der Waals surface area contributed by atoms with Gasteiger partial charge in [0.25, 0.3) is 5.91 Å². The minimum atomic E-state index is -1.06. The molecular weight excluding hydrogens is 447 g/mol. The number of carboxylic acid groups (broad SMARTS) is 1. The number of nitrogens with zero attached hydrogens (tertiary/aromatic N) is 1. The van der Waals surface area contributed by atoms with Crippen LogP contribution in [0.3, 0.4) is 0 Å². The Morgan fingerprint density at radius 1 is 1.10 bits per heavy atom. The fraction of sp³-hybridized carbons (Fsp3) is 0. The Morgan fingerprint density at radius 2 is 1.87 bits per heavy atom. The van der Waals surface area contributed by atoms with Crippen molar-refractivity contribution >= 4 is 63.8 Å². The lowest BCUT2D eigenvalue weighted by Gasteiger charge is -2.02. The summed E-state index contributed by atoms with van der Waals surface area (Å²) in [4.78, 5) is 28.2. The number of rotatable bonds is 4. The average molecular weight is 459 g/mol. The van der Waals surface area contributed by atoms with Crippen LogP contribution in [-0.4, -0.2) is 22.2 Å². The quantitative estimate of drug-likeness (QED) is 0.478. The normalized spacial score (nSPS) is 16.3. The lowest BCUT2D eigenvalue weighted by Crippen LogP contribution is -2.19. The Balaban J connectivity index is 1.57. The molecule has 9 heteroatoms. The van der Waals surface area contributed by atoms with Gasteiger partial charge in [0.05, 0.1) is 21.2 Å². The lowest BCUT2D eigenvalue weighted by molar-refractivity contribution is -0.115. The van der Waals surface area contributed by atoms with Crippen LogP contribution in [0, 0.1) is 0 Å². The van der Waals surface area contributed by atoms with Crippen LogP contribution in [0.15, 0.2) is 68.9 Å². The zero-order valence-corrected chi connectivity index (χ0v) is 17.4. The van der Waals surface area contributed by atoms with Gasteiger partial charge < -0.3 is 14.8 Å². The molecule has 1 aliphatic rings. The number of carboxylic acids is 1. The highest BCUT2D eigenvalue weighted by Crippen LogP contribution is 2.33. The van der Waals surface area contributed by atoms with Gasteiger partial charge in [0.15, 0.2) is 5.17 Å². The van der Waals surface area contributed by atoms with Gasteiger partial charge >= 0.3 is 5.97 Å². The first kappa shape index (κ1) is 20.3. The van der Waals surface area contributed by atoms with Crippen LogP contribution >= 0.6 is 35.0 Å². The number of amidine groups is 1. The van der Waals surface area contributed by atoms with Crippen molar-refractivity contribution in [3.05, 3.63) is 80.9 Å². The number of carbonyl (C=O) groups excluding carboxylic acids is 1. The number of amides is 1. The van der Waals surface area contributed by atoms with Crippen LogP contribution < -0.4 is 5.32 Å². The summed E-state index contributed by atoms with van der Waals surface area (Å²) < 4.78 is 5.76. The molecule has 2 heterocycles. The molecule has 0 unspecified atom stereocenters. The van der Waals surface area contributed by atoms with Crippen molar-refractivity contribution in [1.29, 1.82) is 0 Å². The first-order valence-corrected chi connectivity index (χ1v) is 10.1. The maximum atomic E-state index is 12.3. The van der Waals surface area contributed by atoms with Crippen LogP contribution in [0.1, 0.15) is 16.1 Å². The van der Waals surface area contributed by atoms with Gasteiger partial charge in [0.2, 0.25) is 0 Å². The fourth-order valence-corrected chi connectivity index (χ4v) is 3.82. The van der Waals surface area contributed by atoms with E-state index in [1.807, 2.05) is 0 Å². The smallest absolute Gasteiger partial charge is 0.335 e. The molecule has 4 rings (SSSR count). The standard InChI is InChI=1S/C21H12Cl2N2O4S/c22-12-2-4-13(5-3-12)24-21-25-19(26)18(30-21)10-14-6-8-17(29-14)15-9-11(20(27)28)1-7-16(15)23/h1-10H,(H,27,28)(H,24,25,26)/b18-10-. The summed E-state index contributed by atoms with van der Waals surface area (Å²) >= 11 is 13.2. The van der Waals surface area contributed by atoms with Gasteiger partial charge in [-0.05, 0) is 66.4 Å². The zero-order chi connectivity index (χ0) is 21.3. The number of hydrogen-bond acceptors (Lipinski definition) is 5. The van der Waals surface area contributed by atoms with E-state index in [0.717, 1.165) is 0 Å². The zero-order valence-electron chi connectivity index (χ0n) is 15.1. The van der Waals surface area contributed by atoms with Crippen molar-refractivity contribution in [3.63, 3.8) is 0 Å². The molecule has 0 saturated carbocycles. The summed E-state index contributed by atoms with van der Waals surface area (Å²) in [5.74, 6) is -0.537. The molecule has 2 N–H and O–H groups in total. The van der Waals surface area contributed by atoms with Crippen LogP contribution in [0.5, 0.6) is 0 Å². The summed E-state index contributed by atoms with van der Waals surface area (Å²) in [6, 6.07) is 14.6. The number of carbonyl (C=O) groups is 2. The molecule has 30 heavy (non-hydrogen) atoms. The molecule has 150 valence electrons. The van der Waals surface area contributed by atoms with E-state index >= 15 is 0 Å². The highest BCUT2D eigenvalue weighted by molar-refractivity contribution is 8.18. The third kappa shape index (κ3) is 4.43. The molecule has 0 spiro atoms. The number of aromatic carboxylic acids is 1. The van der Waals surface area contributed by atoms with Gasteiger partial charge in [-0.3, -0.25) is 4.79 Å². The van der Waals surface area contributed by atoms with E-state index in [9.17, 15) is 9.59 Å². The second kappa shape index (κ2) is 8.39. The van der Waals surface area contributed by atoms with Crippen molar-refractivity contribution in [3.8, 4) is 11.3 Å². The monoisotopic (exact) mass is 458 g/mol. The molecule has 0 atom stereocenters. The van der Waals surface area contributed by atoms with E-state index in [2.05, 4.69) is 10.3 Å². The summed E-state index contributed by atoms with van der Waals surface area (Å²) in [5, 5.41) is 13.3. The molecule has 1 aromatic heterocycles. The van der Waals surface area contributed by atoms with Crippen molar-refractivity contribution in [2.24, 2.45) is 4.99 Å². The Kier molecular flexibility index (Phi) is 5.67. The number of furan rings is 1. The van der Waals surface area contributed by atoms with Crippen molar-refractivity contribution in [2.45, 2.75) is 0 Å². The van der Waals surface area contributed by atoms with Gasteiger partial charge in [-0.2, -0.15) is 0 Å². The topological polar surface area (TPSA) is 91.9 Å². The van der Waals surface area contributed by atoms with E-state index in [1.54, 1.807) is 42.5 Å². The van der Waals surface area contributed by atoms with Crippen molar-refractivity contribution < 1.29 is 19.1 Å². The van der Waals surface area contributed by atoms with Gasteiger partial charge in [0.1, 0.15) is 11.5 Å². The summed E-state index contributed by atoms with van der Waals surface area (Å²) in [6.45, 7) is 0. The molecule has 0 aliphatic carbocycles. The van der Waals surface area contributed by atoms with Gasteiger partial charge in [-0.1, -0.05) is 23.2 Å². The van der Waals surface area contributed by atoms with Crippen molar-refractivity contribution in [1.82, 2.24) is 5.32 Å². The SMILES string of the molecule is O=C1NC(=Nc2ccc(Cl)cc2)S/C1=C\c1ccc(-c2cc(C(=O)O)ccc2Cl)o1. The summed E-state index contributed by atoms with van der Waals surface area (Å²) in [5.41, 5.74) is 1.21. The van der Waals surface area contributed by atoms with Gasteiger partial charge in [-0.15, -0.1) is 0 Å². The second-order valence-corrected chi connectivity index (χ2v) is 8.03. The highest BCUT2D eigenvalue weighted by atomic mass is 35.5. The molecular formula is C21H12Cl2N2O4S. The van der Waals surface area contributed by atoms with Crippen LogP contribution in [0.25, 0.3) is 17.4 Å². The molecule has 1 aliphatic heterocycles. The number of aliphatic imine (C=N–C) groups is 1. The van der Waals surface area contributed by atoms with E-state index in [-0.39, 0.29) is 11.5 Å². The number of hydrogen-bond donors (Lipinski definition) is 2. The molecule has 0 radical (unpaired) electrons. The molecule has 2 aromatic carbocycles. The van der Waals surface area contributed by atoms with E-state index in [1.165, 1.54) is 30.0 Å². The predicted octanol–water partition coefficient (Wildman–Crippen LogP) is 5.84. The number of nitrogens with one attached hydrogen (secondary N) is 1. The third-order valence-electron chi connectivity index (χ3n) is 4.09. The van der Waals surface area contributed by atoms with Crippen LogP contribution in [-0.2, 0) is 4.79 Å². The van der Waals surface area contributed by atoms with E-state index < -0.39 is 5.97 Å². The number of thioether (sulfide) groups is 1. The minimum absolute atomic E-state index is 0.0967. The molecule has 1 amide bonds. The molecule has 0 bridgehead atoms. The highest BCUT2D eigenvalue weighted by Gasteiger charge is 2.24. The molecule has 1 saturated heterocycles. The Hall–Kier alpha value is -3.00. The lowest BCUT2D eigenvalue weighted by atomic mass is 10.1. The van der Waals surface area contributed by atoms with Gasteiger partial charge in [0, 0.05) is 16.7 Å². The fourth-order valence-electron chi connectivity index (χ4n) is 2.66. The van der Waals surface area contributed by atoms with Gasteiger partial charge in [-0.25, -0.2) is 9.79 Å². The maximum absolute atomic E-state index is 12.3. The third-order valence-corrected chi connectivity index (χ3v) is 5.58. The largest absolute Gasteiger partial charge is 0.478 e. The Labute approximate surface area is 185 Å². The Morgan fingerprint density at radius 3 is 2.60 bits per heavy atom. The number of benzene rings is 2. The predicted molar refractivity (Wildman–Crippen MR) is 118 cm³/mol. The van der Waals surface area contributed by atoms with Crippen molar-refractivity contribution in [2.75, 3.05) is 0 Å². The molecule has 6 nitrogen and oxygen atoms in total. The molecule has 3 aromatic rings. The maximum Gasteiger partial charge on any atom is 0.335 e. The van der Waals surface area contributed by atoms with E-state index in [4.69, 9.17) is 32.7 Å². The minimum Gasteiger partial charge on any atom is -0.478 e. The second-order valence-electron chi connectivity index (χ2n) is 6.16. The Bertz CT molecular complexity index is 1220. The summed E-state index contributed by atoms with van der Waals surface area (Å²) in [7, 11) is 0. The van der Waals surface area contributed by atoms with E-state index in [0.29, 0.717) is 42.9 Å². The number of halogens is 2.